The van der Waals surface area contributed by atoms with E-state index >= 15 is 0 Å². The van der Waals surface area contributed by atoms with Gasteiger partial charge in [-0.3, -0.25) is 9.48 Å². The van der Waals surface area contributed by atoms with Crippen molar-refractivity contribution >= 4 is 5.91 Å². The lowest BCUT2D eigenvalue weighted by Crippen LogP contribution is -2.56. The van der Waals surface area contributed by atoms with Crippen molar-refractivity contribution in [1.29, 1.82) is 0 Å². The summed E-state index contributed by atoms with van der Waals surface area (Å²) in [5, 5.41) is 4.34. The number of amides is 1. The Morgan fingerprint density at radius 2 is 2.21 bits per heavy atom. The molecule has 6 heteroatoms. The minimum Gasteiger partial charge on any atom is -0.332 e. The Kier molecular flexibility index (Phi) is 4.21. The summed E-state index contributed by atoms with van der Waals surface area (Å²) in [4.78, 5) is 16.8. The number of nitrogens with two attached hydrogens (primary N) is 1. The van der Waals surface area contributed by atoms with Crippen LogP contribution in [0.4, 0.5) is 0 Å². The van der Waals surface area contributed by atoms with Crippen molar-refractivity contribution < 1.29 is 4.79 Å². The molecule has 19 heavy (non-hydrogen) atoms. The Labute approximate surface area is 114 Å². The number of aromatic nitrogens is 2. The summed E-state index contributed by atoms with van der Waals surface area (Å²) in [7, 11) is 3.91. The normalized spacial score (nSPS) is 20.8. The lowest BCUT2D eigenvalue weighted by Gasteiger charge is -2.39. The van der Waals surface area contributed by atoms with Crippen LogP contribution in [-0.4, -0.2) is 64.8 Å². The van der Waals surface area contributed by atoms with E-state index in [4.69, 9.17) is 5.73 Å². The van der Waals surface area contributed by atoms with Crippen molar-refractivity contribution in [1.82, 2.24) is 19.6 Å². The molecule has 0 spiro atoms. The highest BCUT2D eigenvalue weighted by Gasteiger charge is 2.30. The van der Waals surface area contributed by atoms with Crippen molar-refractivity contribution in [2.24, 2.45) is 12.8 Å². The highest BCUT2D eigenvalue weighted by Crippen LogP contribution is 2.15. The van der Waals surface area contributed by atoms with Crippen LogP contribution in [-0.2, 0) is 13.5 Å². The summed E-state index contributed by atoms with van der Waals surface area (Å²) in [5.41, 5.74) is 7.39. The van der Waals surface area contributed by atoms with Crippen LogP contribution in [0.3, 0.4) is 0 Å². The molecule has 2 heterocycles. The van der Waals surface area contributed by atoms with Gasteiger partial charge in [-0.1, -0.05) is 6.92 Å². The van der Waals surface area contributed by atoms with Crippen LogP contribution in [0.5, 0.6) is 0 Å². The quantitative estimate of drug-likeness (QED) is 0.814. The number of piperazine rings is 1. The number of aryl methyl sites for hydroxylation is 2. The fraction of sp³-hybridized carbons (Fsp3) is 0.692. The van der Waals surface area contributed by atoms with Crippen molar-refractivity contribution in [2.45, 2.75) is 19.4 Å². The van der Waals surface area contributed by atoms with Crippen LogP contribution >= 0.6 is 0 Å². The zero-order chi connectivity index (χ0) is 14.0. The van der Waals surface area contributed by atoms with Crippen LogP contribution in [0.15, 0.2) is 6.20 Å². The summed E-state index contributed by atoms with van der Waals surface area (Å²) in [6, 6.07) is 0.0937. The fourth-order valence-corrected chi connectivity index (χ4v) is 2.61. The number of hydrogen-bond donors (Lipinski definition) is 1. The first kappa shape index (κ1) is 14.0. The highest BCUT2D eigenvalue weighted by molar-refractivity contribution is 5.95. The van der Waals surface area contributed by atoms with Gasteiger partial charge in [-0.2, -0.15) is 5.10 Å². The molecule has 1 unspecified atom stereocenters. The third-order valence-electron chi connectivity index (χ3n) is 3.69. The maximum Gasteiger partial charge on any atom is 0.257 e. The van der Waals surface area contributed by atoms with Gasteiger partial charge < -0.3 is 15.5 Å². The molecular weight excluding hydrogens is 242 g/mol. The Bertz CT molecular complexity index is 456. The van der Waals surface area contributed by atoms with Gasteiger partial charge in [-0.05, 0) is 13.5 Å². The smallest absolute Gasteiger partial charge is 0.257 e. The van der Waals surface area contributed by atoms with Gasteiger partial charge in [0.1, 0.15) is 0 Å². The first-order valence-corrected chi connectivity index (χ1v) is 6.78. The third kappa shape index (κ3) is 2.79. The second kappa shape index (κ2) is 5.71. The van der Waals surface area contributed by atoms with Gasteiger partial charge in [0.2, 0.25) is 0 Å². The summed E-state index contributed by atoms with van der Waals surface area (Å²) in [5.74, 6) is 0.0634. The highest BCUT2D eigenvalue weighted by atomic mass is 16.2. The number of carbonyl (C=O) groups excluding carboxylic acids is 1. The molecule has 0 aromatic carbocycles. The van der Waals surface area contributed by atoms with Crippen molar-refractivity contribution in [3.8, 4) is 0 Å². The number of hydrogen-bond acceptors (Lipinski definition) is 4. The molecule has 106 valence electrons. The molecule has 1 atom stereocenters. The Balaban J connectivity index is 2.22. The van der Waals surface area contributed by atoms with Crippen LogP contribution in [0.1, 0.15) is 23.0 Å². The molecule has 0 bridgehead atoms. The van der Waals surface area contributed by atoms with E-state index in [1.807, 2.05) is 25.1 Å². The number of carbonyl (C=O) groups is 1. The molecular formula is C13H23N5O. The first-order valence-electron chi connectivity index (χ1n) is 6.78. The SMILES string of the molecule is CCc1nn(C)cc1C(=O)N1CCN(C)CC1CN. The molecule has 0 aliphatic carbocycles. The lowest BCUT2D eigenvalue weighted by molar-refractivity contribution is 0.0515. The molecule has 0 radical (unpaired) electrons. The monoisotopic (exact) mass is 265 g/mol. The molecule has 0 saturated carbocycles. The molecule has 1 amide bonds. The van der Waals surface area contributed by atoms with E-state index in [0.717, 1.165) is 31.7 Å². The molecule has 2 rings (SSSR count). The van der Waals surface area contributed by atoms with E-state index in [-0.39, 0.29) is 11.9 Å². The number of nitrogens with zero attached hydrogens (tertiary/aromatic N) is 4. The Morgan fingerprint density at radius 3 is 2.84 bits per heavy atom. The Hall–Kier alpha value is -1.40. The van der Waals surface area contributed by atoms with Crippen LogP contribution < -0.4 is 5.73 Å². The van der Waals surface area contributed by atoms with Gasteiger partial charge in [-0.15, -0.1) is 0 Å². The lowest BCUT2D eigenvalue weighted by atomic mass is 10.1. The zero-order valence-corrected chi connectivity index (χ0v) is 12.0. The minimum absolute atomic E-state index is 0.0634. The van der Waals surface area contributed by atoms with E-state index in [1.54, 1.807) is 4.68 Å². The summed E-state index contributed by atoms with van der Waals surface area (Å²) < 4.78 is 1.71. The van der Waals surface area contributed by atoms with Gasteiger partial charge >= 0.3 is 0 Å². The zero-order valence-electron chi connectivity index (χ0n) is 12.0. The molecule has 1 aromatic rings. The largest absolute Gasteiger partial charge is 0.332 e. The van der Waals surface area contributed by atoms with Gasteiger partial charge in [0, 0.05) is 39.4 Å². The van der Waals surface area contributed by atoms with Crippen LogP contribution in [0.2, 0.25) is 0 Å². The fourth-order valence-electron chi connectivity index (χ4n) is 2.61. The summed E-state index contributed by atoms with van der Waals surface area (Å²) in [6.45, 7) is 4.98. The summed E-state index contributed by atoms with van der Waals surface area (Å²) in [6.07, 6.45) is 2.58. The van der Waals surface area contributed by atoms with Gasteiger partial charge in [0.05, 0.1) is 17.3 Å². The number of likely N-dealkylation sites (N-methyl/N-ethyl adjacent to an activating group) is 1. The van der Waals surface area contributed by atoms with E-state index < -0.39 is 0 Å². The standard InChI is InChI=1S/C13H23N5O/c1-4-12-11(9-17(3)15-12)13(19)18-6-5-16(2)8-10(18)7-14/h9-10H,4-8,14H2,1-3H3. The maximum absolute atomic E-state index is 12.7. The van der Waals surface area contributed by atoms with Gasteiger partial charge in [-0.25, -0.2) is 0 Å². The van der Waals surface area contributed by atoms with E-state index in [9.17, 15) is 4.79 Å². The van der Waals surface area contributed by atoms with E-state index in [0.29, 0.717) is 12.1 Å². The second-order valence-corrected chi connectivity index (χ2v) is 5.17. The van der Waals surface area contributed by atoms with Gasteiger partial charge in [0.25, 0.3) is 5.91 Å². The van der Waals surface area contributed by atoms with Crippen molar-refractivity contribution in [3.63, 3.8) is 0 Å². The van der Waals surface area contributed by atoms with E-state index in [2.05, 4.69) is 17.0 Å². The van der Waals surface area contributed by atoms with Gasteiger partial charge in [0.15, 0.2) is 0 Å². The first-order chi connectivity index (χ1) is 9.06. The molecule has 1 fully saturated rings. The van der Waals surface area contributed by atoms with Crippen LogP contribution in [0, 0.1) is 0 Å². The number of rotatable bonds is 3. The van der Waals surface area contributed by atoms with Crippen molar-refractivity contribution in [3.05, 3.63) is 17.5 Å². The van der Waals surface area contributed by atoms with E-state index in [1.165, 1.54) is 0 Å². The van der Waals surface area contributed by atoms with Crippen molar-refractivity contribution in [2.75, 3.05) is 33.2 Å². The average molecular weight is 265 g/mol. The predicted octanol–water partition coefficient (Wildman–Crippen LogP) is -0.303. The molecule has 1 aliphatic rings. The topological polar surface area (TPSA) is 67.4 Å². The molecule has 6 nitrogen and oxygen atoms in total. The molecule has 2 N–H and O–H groups in total. The van der Waals surface area contributed by atoms with Crippen LogP contribution in [0.25, 0.3) is 0 Å². The molecule has 1 saturated heterocycles. The molecule has 1 aliphatic heterocycles. The minimum atomic E-state index is 0.0634. The molecule has 1 aromatic heterocycles. The predicted molar refractivity (Wildman–Crippen MR) is 74.0 cm³/mol. The second-order valence-electron chi connectivity index (χ2n) is 5.17. The third-order valence-corrected chi connectivity index (χ3v) is 3.69. The Morgan fingerprint density at radius 1 is 1.47 bits per heavy atom. The maximum atomic E-state index is 12.7. The average Bonchev–Trinajstić information content (AvgIpc) is 2.79. The summed E-state index contributed by atoms with van der Waals surface area (Å²) >= 11 is 0.